The molecule has 0 bridgehead atoms. The Hall–Kier alpha value is -2.86. The number of rotatable bonds is 5. The van der Waals surface area contributed by atoms with Gasteiger partial charge in [0.2, 0.25) is 5.91 Å². The van der Waals surface area contributed by atoms with Gasteiger partial charge in [0, 0.05) is 62.1 Å². The number of anilines is 2. The lowest BCUT2D eigenvalue weighted by Crippen LogP contribution is -2.46. The second kappa shape index (κ2) is 10.4. The summed E-state index contributed by atoms with van der Waals surface area (Å²) in [7, 11) is 0. The number of amides is 2. The molecule has 1 N–H and O–H groups in total. The van der Waals surface area contributed by atoms with Gasteiger partial charge >= 0.3 is 0 Å². The molecule has 0 atom stereocenters. The maximum absolute atomic E-state index is 12.9. The summed E-state index contributed by atoms with van der Waals surface area (Å²) in [6.45, 7) is 12.9. The number of piperidine rings is 1. The average Bonchev–Trinajstić information content (AvgIpc) is 2.84. The molecule has 176 valence electrons. The lowest BCUT2D eigenvalue weighted by molar-refractivity contribution is -0.121. The SMILES string of the molecule is CCN1CCN(c2ccc(NC(=O)C3CCN(C(=O)c4ccccc4C)CC3)cc2C)CC1. The first-order valence-electron chi connectivity index (χ1n) is 12.2. The number of benzene rings is 2. The van der Waals surface area contributed by atoms with Crippen LogP contribution in [-0.2, 0) is 4.79 Å². The summed E-state index contributed by atoms with van der Waals surface area (Å²) in [5.74, 6) is 0.0627. The minimum absolute atomic E-state index is 0.0571. The second-order valence-electron chi connectivity index (χ2n) is 9.29. The third-order valence-electron chi connectivity index (χ3n) is 7.15. The molecular weight excluding hydrogens is 412 g/mol. The first-order valence-corrected chi connectivity index (χ1v) is 12.2. The Kier molecular flexibility index (Phi) is 7.33. The van der Waals surface area contributed by atoms with Gasteiger partial charge in [-0.15, -0.1) is 0 Å². The van der Waals surface area contributed by atoms with E-state index in [9.17, 15) is 9.59 Å². The van der Waals surface area contributed by atoms with E-state index in [0.29, 0.717) is 25.9 Å². The summed E-state index contributed by atoms with van der Waals surface area (Å²) in [5.41, 5.74) is 5.05. The van der Waals surface area contributed by atoms with Crippen molar-refractivity contribution in [3.8, 4) is 0 Å². The van der Waals surface area contributed by atoms with E-state index in [4.69, 9.17) is 0 Å². The van der Waals surface area contributed by atoms with Crippen LogP contribution in [0.2, 0.25) is 0 Å². The van der Waals surface area contributed by atoms with Crippen molar-refractivity contribution in [3.63, 3.8) is 0 Å². The van der Waals surface area contributed by atoms with Crippen molar-refractivity contribution in [3.05, 3.63) is 59.2 Å². The Balaban J connectivity index is 1.31. The van der Waals surface area contributed by atoms with E-state index in [-0.39, 0.29) is 17.7 Å². The summed E-state index contributed by atoms with van der Waals surface area (Å²) in [4.78, 5) is 32.5. The maximum atomic E-state index is 12.9. The van der Waals surface area contributed by atoms with E-state index < -0.39 is 0 Å². The molecule has 2 aromatic carbocycles. The summed E-state index contributed by atoms with van der Waals surface area (Å²) >= 11 is 0. The fourth-order valence-corrected chi connectivity index (χ4v) is 4.97. The van der Waals surface area contributed by atoms with Gasteiger partial charge in [0.05, 0.1) is 0 Å². The number of hydrogen-bond acceptors (Lipinski definition) is 4. The molecule has 6 nitrogen and oxygen atoms in total. The van der Waals surface area contributed by atoms with Gasteiger partial charge in [-0.1, -0.05) is 25.1 Å². The lowest BCUT2D eigenvalue weighted by Gasteiger charge is -2.36. The number of carbonyl (C=O) groups is 2. The minimum atomic E-state index is -0.0620. The molecule has 0 aromatic heterocycles. The van der Waals surface area contributed by atoms with Gasteiger partial charge in [-0.05, 0) is 68.6 Å². The Morgan fingerprint density at radius 3 is 2.24 bits per heavy atom. The average molecular weight is 449 g/mol. The summed E-state index contributed by atoms with van der Waals surface area (Å²) < 4.78 is 0. The molecule has 2 aliphatic rings. The minimum Gasteiger partial charge on any atom is -0.369 e. The molecule has 2 saturated heterocycles. The number of nitrogens with one attached hydrogen (secondary N) is 1. The van der Waals surface area contributed by atoms with Crippen molar-refractivity contribution < 1.29 is 9.59 Å². The monoisotopic (exact) mass is 448 g/mol. The predicted molar refractivity (Wildman–Crippen MR) is 134 cm³/mol. The highest BCUT2D eigenvalue weighted by Gasteiger charge is 2.28. The number of nitrogens with zero attached hydrogens (tertiary/aromatic N) is 3. The topological polar surface area (TPSA) is 55.9 Å². The normalized spacial score (nSPS) is 17.8. The van der Waals surface area contributed by atoms with Crippen LogP contribution in [-0.4, -0.2) is 67.4 Å². The maximum Gasteiger partial charge on any atom is 0.254 e. The molecule has 0 aliphatic carbocycles. The molecule has 2 amide bonds. The molecule has 6 heteroatoms. The van der Waals surface area contributed by atoms with Crippen LogP contribution >= 0.6 is 0 Å². The molecule has 2 aliphatic heterocycles. The first-order chi connectivity index (χ1) is 16.0. The zero-order chi connectivity index (χ0) is 23.4. The van der Waals surface area contributed by atoms with Gasteiger partial charge in [0.25, 0.3) is 5.91 Å². The number of carbonyl (C=O) groups excluding carboxylic acids is 2. The zero-order valence-corrected chi connectivity index (χ0v) is 20.1. The van der Waals surface area contributed by atoms with Crippen molar-refractivity contribution in [2.45, 2.75) is 33.6 Å². The molecule has 0 saturated carbocycles. The van der Waals surface area contributed by atoms with Crippen LogP contribution in [0, 0.1) is 19.8 Å². The van der Waals surface area contributed by atoms with Crippen LogP contribution in [0.4, 0.5) is 11.4 Å². The van der Waals surface area contributed by atoms with E-state index >= 15 is 0 Å². The number of likely N-dealkylation sites (N-methyl/N-ethyl adjacent to an activating group) is 1. The van der Waals surface area contributed by atoms with Crippen molar-refractivity contribution in [2.24, 2.45) is 5.92 Å². The molecule has 2 aromatic rings. The highest BCUT2D eigenvalue weighted by atomic mass is 16.2. The third-order valence-corrected chi connectivity index (χ3v) is 7.15. The fraction of sp³-hybridized carbons (Fsp3) is 0.481. The molecule has 0 radical (unpaired) electrons. The van der Waals surface area contributed by atoms with Crippen LogP contribution in [0.15, 0.2) is 42.5 Å². The Morgan fingerprint density at radius 1 is 0.909 bits per heavy atom. The summed E-state index contributed by atoms with van der Waals surface area (Å²) in [6.07, 6.45) is 1.39. The van der Waals surface area contributed by atoms with Gasteiger partial charge in [-0.3, -0.25) is 9.59 Å². The Labute approximate surface area is 197 Å². The number of piperazine rings is 1. The quantitative estimate of drug-likeness (QED) is 0.753. The van der Waals surface area contributed by atoms with Gasteiger partial charge in [-0.25, -0.2) is 0 Å². The standard InChI is InChI=1S/C27H36N4O2/c1-4-29-15-17-30(18-16-29)25-10-9-23(19-21(25)3)28-26(32)22-11-13-31(14-12-22)27(33)24-8-6-5-7-20(24)2/h5-10,19,22H,4,11-18H2,1-3H3,(H,28,32). The van der Waals surface area contributed by atoms with Gasteiger partial charge in [0.15, 0.2) is 0 Å². The van der Waals surface area contributed by atoms with Crippen LogP contribution in [0.25, 0.3) is 0 Å². The predicted octanol–water partition coefficient (Wildman–Crippen LogP) is 3.94. The molecular formula is C27H36N4O2. The molecule has 2 fully saturated rings. The van der Waals surface area contributed by atoms with E-state index in [0.717, 1.165) is 49.5 Å². The van der Waals surface area contributed by atoms with E-state index in [1.54, 1.807) is 0 Å². The van der Waals surface area contributed by atoms with Gasteiger partial charge in [-0.2, -0.15) is 0 Å². The zero-order valence-electron chi connectivity index (χ0n) is 20.1. The first kappa shape index (κ1) is 23.3. The van der Waals surface area contributed by atoms with Crippen LogP contribution in [0.3, 0.4) is 0 Å². The van der Waals surface area contributed by atoms with Crippen molar-refractivity contribution in [1.29, 1.82) is 0 Å². The van der Waals surface area contributed by atoms with E-state index in [2.05, 4.69) is 41.1 Å². The highest BCUT2D eigenvalue weighted by molar-refractivity contribution is 5.96. The lowest BCUT2D eigenvalue weighted by atomic mass is 9.95. The summed E-state index contributed by atoms with van der Waals surface area (Å²) in [6, 6.07) is 13.9. The second-order valence-corrected chi connectivity index (χ2v) is 9.29. The number of likely N-dealkylation sites (tertiary alicyclic amines) is 1. The largest absolute Gasteiger partial charge is 0.369 e. The van der Waals surface area contributed by atoms with Gasteiger partial charge < -0.3 is 20.0 Å². The fourth-order valence-electron chi connectivity index (χ4n) is 4.97. The molecule has 4 rings (SSSR count). The van der Waals surface area contributed by atoms with Crippen LogP contribution in [0.1, 0.15) is 41.3 Å². The molecule has 33 heavy (non-hydrogen) atoms. The van der Waals surface area contributed by atoms with Crippen LogP contribution in [0.5, 0.6) is 0 Å². The van der Waals surface area contributed by atoms with Crippen LogP contribution < -0.4 is 10.2 Å². The smallest absolute Gasteiger partial charge is 0.254 e. The number of hydrogen-bond donors (Lipinski definition) is 1. The highest BCUT2D eigenvalue weighted by Crippen LogP contribution is 2.26. The molecule has 0 spiro atoms. The van der Waals surface area contributed by atoms with E-state index in [1.807, 2.05) is 42.2 Å². The van der Waals surface area contributed by atoms with Crippen molar-refractivity contribution in [2.75, 3.05) is 56.0 Å². The number of aryl methyl sites for hydroxylation is 2. The Morgan fingerprint density at radius 2 is 1.61 bits per heavy atom. The summed E-state index contributed by atoms with van der Waals surface area (Å²) in [5, 5.41) is 3.11. The van der Waals surface area contributed by atoms with Gasteiger partial charge in [0.1, 0.15) is 0 Å². The van der Waals surface area contributed by atoms with Crippen molar-refractivity contribution in [1.82, 2.24) is 9.80 Å². The van der Waals surface area contributed by atoms with Crippen molar-refractivity contribution >= 4 is 23.2 Å². The Bertz CT molecular complexity index is 989. The third kappa shape index (κ3) is 5.38. The molecule has 0 unspecified atom stereocenters. The van der Waals surface area contributed by atoms with E-state index in [1.165, 1.54) is 11.3 Å². The molecule has 2 heterocycles.